The van der Waals surface area contributed by atoms with Gasteiger partial charge in [-0.1, -0.05) is 0 Å². The van der Waals surface area contributed by atoms with Crippen molar-refractivity contribution in [3.63, 3.8) is 0 Å². The lowest BCUT2D eigenvalue weighted by atomic mass is 9.91. The summed E-state index contributed by atoms with van der Waals surface area (Å²) in [5.41, 5.74) is 0. The largest absolute Gasteiger partial charge is 0.468 e. The molecule has 0 N–H and O–H groups in total. The Bertz CT molecular complexity index is 267. The summed E-state index contributed by atoms with van der Waals surface area (Å²) in [6, 6.07) is 4.37. The van der Waals surface area contributed by atoms with Crippen LogP contribution in [0.1, 0.15) is 24.6 Å². The van der Waals surface area contributed by atoms with E-state index in [-0.39, 0.29) is 0 Å². The van der Waals surface area contributed by atoms with E-state index < -0.39 is 0 Å². The Morgan fingerprint density at radius 1 is 1.46 bits per heavy atom. The fraction of sp³-hybridized carbons (Fsp3) is 0.600. The Kier molecular flexibility index (Phi) is 1.67. The molecular weight excluding hydrogens is 166 g/mol. The smallest absolute Gasteiger partial charge is 0.123 e. The van der Waals surface area contributed by atoms with Crippen LogP contribution in [0, 0.1) is 5.92 Å². The van der Waals surface area contributed by atoms with Gasteiger partial charge in [-0.3, -0.25) is 4.84 Å². The van der Waals surface area contributed by atoms with Gasteiger partial charge in [0.05, 0.1) is 18.9 Å². The van der Waals surface area contributed by atoms with Gasteiger partial charge in [0, 0.05) is 12.5 Å². The van der Waals surface area contributed by atoms with E-state index in [0.29, 0.717) is 12.0 Å². The maximum Gasteiger partial charge on any atom is 0.123 e. The number of rotatable bonds is 1. The van der Waals surface area contributed by atoms with Gasteiger partial charge in [-0.05, 0) is 25.0 Å². The van der Waals surface area contributed by atoms with Crippen molar-refractivity contribution in [1.82, 2.24) is 5.06 Å². The Morgan fingerprint density at radius 3 is 3.23 bits per heavy atom. The number of fused-ring (bicyclic) bond motifs is 2. The van der Waals surface area contributed by atoms with E-state index in [9.17, 15) is 0 Å². The summed E-state index contributed by atoms with van der Waals surface area (Å²) in [6.07, 6.45) is 4.26. The molecule has 2 bridgehead atoms. The van der Waals surface area contributed by atoms with E-state index in [1.807, 2.05) is 12.1 Å². The molecule has 1 aromatic rings. The fourth-order valence-corrected chi connectivity index (χ4v) is 2.39. The molecule has 2 aliphatic heterocycles. The van der Waals surface area contributed by atoms with Crippen LogP contribution in [0.4, 0.5) is 0 Å². The van der Waals surface area contributed by atoms with E-state index in [2.05, 4.69) is 5.06 Å². The van der Waals surface area contributed by atoms with Gasteiger partial charge in [0.2, 0.25) is 0 Å². The number of hydroxylamine groups is 2. The molecule has 2 aliphatic rings. The summed E-state index contributed by atoms with van der Waals surface area (Å²) < 4.78 is 5.43. The Hall–Kier alpha value is -0.800. The van der Waals surface area contributed by atoms with Crippen LogP contribution in [-0.2, 0) is 4.84 Å². The molecular formula is C10H13NO2. The van der Waals surface area contributed by atoms with Crippen LogP contribution >= 0.6 is 0 Å². The van der Waals surface area contributed by atoms with Crippen LogP contribution in [0.5, 0.6) is 0 Å². The minimum Gasteiger partial charge on any atom is -0.468 e. The third kappa shape index (κ3) is 1.11. The van der Waals surface area contributed by atoms with Crippen LogP contribution < -0.4 is 0 Å². The van der Waals surface area contributed by atoms with E-state index in [1.54, 1.807) is 6.26 Å². The quantitative estimate of drug-likeness (QED) is 0.659. The number of piperidine rings is 1. The summed E-state index contributed by atoms with van der Waals surface area (Å²) in [5.74, 6) is 1.70. The first-order chi connectivity index (χ1) is 6.45. The molecule has 70 valence electrons. The molecule has 0 aliphatic carbocycles. The summed E-state index contributed by atoms with van der Waals surface area (Å²) in [5, 5.41) is 2.08. The highest BCUT2D eigenvalue weighted by molar-refractivity contribution is 5.08. The molecule has 0 saturated carbocycles. The minimum atomic E-state index is 0.378. The molecule has 0 amide bonds. The lowest BCUT2D eigenvalue weighted by Gasteiger charge is -2.28. The maximum atomic E-state index is 5.59. The lowest BCUT2D eigenvalue weighted by molar-refractivity contribution is -0.138. The van der Waals surface area contributed by atoms with Crippen molar-refractivity contribution in [1.29, 1.82) is 0 Å². The van der Waals surface area contributed by atoms with Crippen molar-refractivity contribution < 1.29 is 9.25 Å². The van der Waals surface area contributed by atoms with Crippen molar-refractivity contribution in [2.45, 2.75) is 18.9 Å². The molecule has 3 rings (SSSR count). The number of furan rings is 1. The highest BCUT2D eigenvalue weighted by atomic mass is 16.7. The van der Waals surface area contributed by atoms with Gasteiger partial charge in [-0.2, -0.15) is 5.06 Å². The van der Waals surface area contributed by atoms with Crippen molar-refractivity contribution in [2.24, 2.45) is 5.92 Å². The highest BCUT2D eigenvalue weighted by Gasteiger charge is 2.40. The van der Waals surface area contributed by atoms with Gasteiger partial charge in [-0.15, -0.1) is 0 Å². The molecule has 3 nitrogen and oxygen atoms in total. The Morgan fingerprint density at radius 2 is 2.46 bits per heavy atom. The zero-order valence-corrected chi connectivity index (χ0v) is 7.48. The zero-order chi connectivity index (χ0) is 8.67. The van der Waals surface area contributed by atoms with Crippen molar-refractivity contribution in [3.05, 3.63) is 24.2 Å². The van der Waals surface area contributed by atoms with Crippen molar-refractivity contribution in [2.75, 3.05) is 13.2 Å². The Labute approximate surface area is 77.2 Å². The van der Waals surface area contributed by atoms with Crippen LogP contribution in [-0.4, -0.2) is 18.2 Å². The van der Waals surface area contributed by atoms with Crippen LogP contribution in [0.2, 0.25) is 0 Å². The molecule has 2 fully saturated rings. The SMILES string of the molecule is c1coc(C2C3CCCN2OC3)c1. The summed E-state index contributed by atoms with van der Waals surface area (Å²) in [6.45, 7) is 1.91. The van der Waals surface area contributed by atoms with E-state index in [0.717, 1.165) is 18.9 Å². The number of hydrogen-bond donors (Lipinski definition) is 0. The minimum absolute atomic E-state index is 0.378. The third-order valence-electron chi connectivity index (χ3n) is 3.00. The predicted octanol–water partition coefficient (Wildman–Crippen LogP) is 1.98. The number of nitrogens with zero attached hydrogens (tertiary/aromatic N) is 1. The zero-order valence-electron chi connectivity index (χ0n) is 7.48. The van der Waals surface area contributed by atoms with E-state index in [4.69, 9.17) is 9.25 Å². The standard InChI is InChI=1S/C10H13NO2/c1-3-8-7-13-11(5-1)10(8)9-4-2-6-12-9/h2,4,6,8,10H,1,3,5,7H2. The molecule has 3 unspecified atom stereocenters. The molecule has 2 saturated heterocycles. The second-order valence-electron chi connectivity index (χ2n) is 3.80. The van der Waals surface area contributed by atoms with E-state index in [1.165, 1.54) is 12.8 Å². The first kappa shape index (κ1) is 7.59. The molecule has 3 atom stereocenters. The van der Waals surface area contributed by atoms with Crippen molar-refractivity contribution >= 4 is 0 Å². The first-order valence-electron chi connectivity index (χ1n) is 4.88. The van der Waals surface area contributed by atoms with Gasteiger partial charge in [0.25, 0.3) is 0 Å². The second kappa shape index (κ2) is 2.86. The van der Waals surface area contributed by atoms with Gasteiger partial charge in [-0.25, -0.2) is 0 Å². The second-order valence-corrected chi connectivity index (χ2v) is 3.80. The lowest BCUT2D eigenvalue weighted by Crippen LogP contribution is -2.29. The van der Waals surface area contributed by atoms with Gasteiger partial charge in [0.15, 0.2) is 0 Å². The molecule has 0 spiro atoms. The topological polar surface area (TPSA) is 25.6 Å². The van der Waals surface area contributed by atoms with Crippen LogP contribution in [0.25, 0.3) is 0 Å². The van der Waals surface area contributed by atoms with Crippen LogP contribution in [0.15, 0.2) is 22.8 Å². The molecule has 0 radical (unpaired) electrons. The predicted molar refractivity (Wildman–Crippen MR) is 46.8 cm³/mol. The molecule has 1 aromatic heterocycles. The highest BCUT2D eigenvalue weighted by Crippen LogP contribution is 2.41. The van der Waals surface area contributed by atoms with Crippen LogP contribution in [0.3, 0.4) is 0 Å². The summed E-state index contributed by atoms with van der Waals surface area (Å²) >= 11 is 0. The average Bonchev–Trinajstić information content (AvgIpc) is 2.72. The normalized spacial score (nSPS) is 38.0. The van der Waals surface area contributed by atoms with Gasteiger partial charge >= 0.3 is 0 Å². The number of hydrogen-bond acceptors (Lipinski definition) is 3. The van der Waals surface area contributed by atoms with E-state index >= 15 is 0 Å². The Balaban J connectivity index is 1.91. The molecule has 0 aromatic carbocycles. The average molecular weight is 179 g/mol. The molecule has 3 heteroatoms. The monoisotopic (exact) mass is 179 g/mol. The van der Waals surface area contributed by atoms with Gasteiger partial charge < -0.3 is 4.42 Å². The molecule has 3 heterocycles. The third-order valence-corrected chi connectivity index (χ3v) is 3.00. The summed E-state index contributed by atoms with van der Waals surface area (Å²) in [7, 11) is 0. The van der Waals surface area contributed by atoms with Gasteiger partial charge in [0.1, 0.15) is 5.76 Å². The first-order valence-corrected chi connectivity index (χ1v) is 4.88. The summed E-state index contributed by atoms with van der Waals surface area (Å²) in [4.78, 5) is 5.59. The maximum absolute atomic E-state index is 5.59. The fourth-order valence-electron chi connectivity index (χ4n) is 2.39. The van der Waals surface area contributed by atoms with Crippen molar-refractivity contribution in [3.8, 4) is 0 Å². The molecule has 13 heavy (non-hydrogen) atoms.